The Balaban J connectivity index is 1.77. The summed E-state index contributed by atoms with van der Waals surface area (Å²) in [7, 11) is 0. The summed E-state index contributed by atoms with van der Waals surface area (Å²) >= 11 is 0. The summed E-state index contributed by atoms with van der Waals surface area (Å²) in [6.45, 7) is 23.3. The number of hydrogen-bond donors (Lipinski definition) is 0. The van der Waals surface area contributed by atoms with Crippen molar-refractivity contribution in [1.29, 1.82) is 0 Å². The van der Waals surface area contributed by atoms with E-state index in [0.29, 0.717) is 11.1 Å². The van der Waals surface area contributed by atoms with E-state index < -0.39 is 0 Å². The Morgan fingerprint density at radius 1 is 0.625 bits per heavy atom. The molecule has 0 aromatic heterocycles. The Hall–Kier alpha value is -0.120. The number of rotatable bonds is 2. The molecule has 2 fully saturated rings. The van der Waals surface area contributed by atoms with Crippen LogP contribution in [0.5, 0.6) is 0 Å². The minimum absolute atomic E-state index is 0.328. The average Bonchev–Trinajstić information content (AvgIpc) is 2.58. The molecule has 3 heteroatoms. The minimum atomic E-state index is 0.328. The van der Waals surface area contributed by atoms with Gasteiger partial charge in [0.2, 0.25) is 0 Å². The lowest BCUT2D eigenvalue weighted by atomic mass is 9.92. The highest BCUT2D eigenvalue weighted by Gasteiger charge is 2.28. The smallest absolute Gasteiger partial charge is 0.0125 e. The van der Waals surface area contributed by atoms with Gasteiger partial charge in [0.05, 0.1) is 0 Å². The summed E-state index contributed by atoms with van der Waals surface area (Å²) in [5.41, 5.74) is 0.675. The summed E-state index contributed by atoms with van der Waals surface area (Å²) in [6, 6.07) is 0. The van der Waals surface area contributed by atoms with E-state index in [4.69, 9.17) is 0 Å². The van der Waals surface area contributed by atoms with Crippen molar-refractivity contribution in [2.75, 3.05) is 45.8 Å². The first-order valence-corrected chi connectivity index (χ1v) is 10.4. The third-order valence-corrected chi connectivity index (χ3v) is 6.08. The molecule has 0 amide bonds. The van der Waals surface area contributed by atoms with Crippen molar-refractivity contribution in [3.63, 3.8) is 0 Å². The number of nitrogens with zero attached hydrogens (tertiary/aromatic N) is 3. The lowest BCUT2D eigenvalue weighted by molar-refractivity contribution is 0.0737. The highest BCUT2D eigenvalue weighted by Crippen LogP contribution is 2.25. The Bertz CT molecular complexity index is 358. The van der Waals surface area contributed by atoms with Crippen LogP contribution in [0.1, 0.15) is 73.6 Å². The molecule has 2 aliphatic heterocycles. The SMILES string of the molecule is CC(C)(C)N1CCCCN(CC2CCN(C(C)(C)C)CC2)CCC1. The van der Waals surface area contributed by atoms with Gasteiger partial charge < -0.3 is 4.90 Å². The zero-order valence-electron chi connectivity index (χ0n) is 17.4. The van der Waals surface area contributed by atoms with E-state index in [-0.39, 0.29) is 0 Å². The summed E-state index contributed by atoms with van der Waals surface area (Å²) in [6.07, 6.45) is 6.84. The van der Waals surface area contributed by atoms with Crippen LogP contribution in [0.4, 0.5) is 0 Å². The van der Waals surface area contributed by atoms with Gasteiger partial charge >= 0.3 is 0 Å². The number of likely N-dealkylation sites (tertiary alicyclic amines) is 1. The van der Waals surface area contributed by atoms with Crippen molar-refractivity contribution in [2.45, 2.75) is 84.7 Å². The lowest BCUT2D eigenvalue weighted by Gasteiger charge is -2.42. The first kappa shape index (κ1) is 20.2. The Morgan fingerprint density at radius 3 is 1.67 bits per heavy atom. The topological polar surface area (TPSA) is 9.72 Å². The summed E-state index contributed by atoms with van der Waals surface area (Å²) in [5, 5.41) is 0. The number of piperidine rings is 1. The van der Waals surface area contributed by atoms with Crippen LogP contribution in [0.2, 0.25) is 0 Å². The van der Waals surface area contributed by atoms with Gasteiger partial charge in [-0.25, -0.2) is 0 Å². The van der Waals surface area contributed by atoms with Crippen molar-refractivity contribution in [3.05, 3.63) is 0 Å². The first-order valence-electron chi connectivity index (χ1n) is 10.4. The zero-order chi connectivity index (χ0) is 17.8. The molecule has 2 rings (SSSR count). The molecule has 0 aliphatic carbocycles. The van der Waals surface area contributed by atoms with Gasteiger partial charge in [-0.3, -0.25) is 9.80 Å². The van der Waals surface area contributed by atoms with E-state index in [9.17, 15) is 0 Å². The quantitative estimate of drug-likeness (QED) is 0.751. The van der Waals surface area contributed by atoms with Crippen molar-refractivity contribution in [1.82, 2.24) is 14.7 Å². The fourth-order valence-electron chi connectivity index (χ4n) is 4.35. The largest absolute Gasteiger partial charge is 0.303 e. The van der Waals surface area contributed by atoms with Gasteiger partial charge in [-0.05, 0) is 119 Å². The van der Waals surface area contributed by atoms with Crippen LogP contribution in [0.25, 0.3) is 0 Å². The first-order chi connectivity index (χ1) is 11.2. The molecule has 0 aromatic carbocycles. The van der Waals surface area contributed by atoms with E-state index >= 15 is 0 Å². The van der Waals surface area contributed by atoms with Crippen molar-refractivity contribution < 1.29 is 0 Å². The van der Waals surface area contributed by atoms with Gasteiger partial charge in [0, 0.05) is 17.6 Å². The van der Waals surface area contributed by atoms with Crippen LogP contribution < -0.4 is 0 Å². The molecule has 2 aliphatic rings. The van der Waals surface area contributed by atoms with E-state index in [1.165, 1.54) is 77.9 Å². The highest BCUT2D eigenvalue weighted by molar-refractivity contribution is 4.83. The maximum absolute atomic E-state index is 2.78. The minimum Gasteiger partial charge on any atom is -0.303 e. The Morgan fingerprint density at radius 2 is 1.08 bits per heavy atom. The molecule has 0 spiro atoms. The second kappa shape index (κ2) is 8.51. The van der Waals surface area contributed by atoms with Crippen LogP contribution >= 0.6 is 0 Å². The molecule has 142 valence electrons. The number of hydrogen-bond acceptors (Lipinski definition) is 3. The normalized spacial score (nSPS) is 25.2. The molecule has 0 aromatic rings. The van der Waals surface area contributed by atoms with Crippen LogP contribution in [-0.2, 0) is 0 Å². The fourth-order valence-corrected chi connectivity index (χ4v) is 4.35. The molecule has 3 nitrogen and oxygen atoms in total. The van der Waals surface area contributed by atoms with Gasteiger partial charge in [-0.2, -0.15) is 0 Å². The van der Waals surface area contributed by atoms with E-state index in [1.807, 2.05) is 0 Å². The van der Waals surface area contributed by atoms with E-state index in [2.05, 4.69) is 56.2 Å². The van der Waals surface area contributed by atoms with Gasteiger partial charge in [0.25, 0.3) is 0 Å². The molecular weight excluding hydrogens is 294 g/mol. The second-order valence-electron chi connectivity index (χ2n) is 10.1. The van der Waals surface area contributed by atoms with Crippen LogP contribution in [0.15, 0.2) is 0 Å². The predicted octanol–water partition coefficient (Wildman–Crippen LogP) is 4.08. The maximum Gasteiger partial charge on any atom is 0.0125 e. The average molecular weight is 338 g/mol. The van der Waals surface area contributed by atoms with Crippen LogP contribution in [0.3, 0.4) is 0 Å². The second-order valence-corrected chi connectivity index (χ2v) is 10.1. The molecule has 0 unspecified atom stereocenters. The van der Waals surface area contributed by atoms with Gasteiger partial charge in [-0.15, -0.1) is 0 Å². The molecule has 24 heavy (non-hydrogen) atoms. The van der Waals surface area contributed by atoms with Crippen LogP contribution in [0, 0.1) is 5.92 Å². The lowest BCUT2D eigenvalue weighted by Crippen LogP contribution is -2.47. The molecule has 0 radical (unpaired) electrons. The molecule has 2 heterocycles. The van der Waals surface area contributed by atoms with Crippen molar-refractivity contribution >= 4 is 0 Å². The van der Waals surface area contributed by atoms with Gasteiger partial charge in [0.15, 0.2) is 0 Å². The Kier molecular flexibility index (Phi) is 7.16. The summed E-state index contributed by atoms with van der Waals surface area (Å²) in [5.74, 6) is 0.920. The predicted molar refractivity (Wildman–Crippen MR) is 106 cm³/mol. The van der Waals surface area contributed by atoms with Gasteiger partial charge in [-0.1, -0.05) is 0 Å². The zero-order valence-corrected chi connectivity index (χ0v) is 17.4. The summed E-state index contributed by atoms with van der Waals surface area (Å²) < 4.78 is 0. The van der Waals surface area contributed by atoms with Crippen molar-refractivity contribution in [2.24, 2.45) is 5.92 Å². The van der Waals surface area contributed by atoms with E-state index in [1.54, 1.807) is 0 Å². The molecule has 0 bridgehead atoms. The van der Waals surface area contributed by atoms with Gasteiger partial charge in [0.1, 0.15) is 0 Å². The molecule has 0 saturated carbocycles. The van der Waals surface area contributed by atoms with Crippen molar-refractivity contribution in [3.8, 4) is 0 Å². The molecular formula is C21H43N3. The maximum atomic E-state index is 2.78. The summed E-state index contributed by atoms with van der Waals surface area (Å²) in [4.78, 5) is 8.14. The third kappa shape index (κ3) is 6.31. The standard InChI is InChI=1S/C21H43N3/c1-20(2,3)23-14-8-7-12-22(13-9-15-23)18-19-10-16-24(17-11-19)21(4,5)6/h19H,7-18H2,1-6H3. The fraction of sp³-hybridized carbons (Fsp3) is 1.00. The third-order valence-electron chi connectivity index (χ3n) is 6.08. The van der Waals surface area contributed by atoms with Crippen LogP contribution in [-0.4, -0.2) is 71.6 Å². The molecule has 2 saturated heterocycles. The molecule has 0 atom stereocenters. The van der Waals surface area contributed by atoms with E-state index in [0.717, 1.165) is 5.92 Å². The Labute approximate surface area is 151 Å². The monoisotopic (exact) mass is 337 g/mol. The highest BCUT2D eigenvalue weighted by atomic mass is 15.2. The molecule has 0 N–H and O–H groups in total.